The van der Waals surface area contributed by atoms with Crippen LogP contribution in [0.5, 0.6) is 0 Å². The van der Waals surface area contributed by atoms with Gasteiger partial charge in [-0.25, -0.2) is 8.42 Å². The third-order valence-corrected chi connectivity index (χ3v) is 5.81. The molecule has 0 amide bonds. The van der Waals surface area contributed by atoms with Crippen LogP contribution in [0.1, 0.15) is 33.1 Å². The standard InChI is InChI=1S/C11H22N2O2S/c1-10(5-6-16(14,15)8-10)13-7-11(2,12)9-3-4-9/h9,13H,3-8,12H2,1-2H3. The molecular weight excluding hydrogens is 224 g/mol. The van der Waals surface area contributed by atoms with Crippen LogP contribution < -0.4 is 11.1 Å². The van der Waals surface area contributed by atoms with Crippen LogP contribution in [0.2, 0.25) is 0 Å². The van der Waals surface area contributed by atoms with Crippen molar-refractivity contribution in [1.29, 1.82) is 0 Å². The van der Waals surface area contributed by atoms with Gasteiger partial charge < -0.3 is 11.1 Å². The van der Waals surface area contributed by atoms with Crippen molar-refractivity contribution < 1.29 is 8.42 Å². The highest BCUT2D eigenvalue weighted by Crippen LogP contribution is 2.38. The zero-order valence-corrected chi connectivity index (χ0v) is 10.9. The van der Waals surface area contributed by atoms with Crippen molar-refractivity contribution in [2.24, 2.45) is 11.7 Å². The predicted octanol–water partition coefficient (Wildman–Crippen LogP) is 0.281. The van der Waals surface area contributed by atoms with Crippen LogP contribution >= 0.6 is 0 Å². The largest absolute Gasteiger partial charge is 0.324 e. The van der Waals surface area contributed by atoms with Crippen molar-refractivity contribution >= 4 is 9.84 Å². The number of sulfone groups is 1. The van der Waals surface area contributed by atoms with Crippen LogP contribution in [0.25, 0.3) is 0 Å². The van der Waals surface area contributed by atoms with Gasteiger partial charge in [0.1, 0.15) is 0 Å². The Bertz CT molecular complexity index is 373. The maximum absolute atomic E-state index is 11.4. The Labute approximate surface area is 97.9 Å². The molecule has 0 radical (unpaired) electrons. The maximum Gasteiger partial charge on any atom is 0.152 e. The zero-order valence-electron chi connectivity index (χ0n) is 10.1. The van der Waals surface area contributed by atoms with Crippen LogP contribution in [0, 0.1) is 5.92 Å². The van der Waals surface area contributed by atoms with Crippen LogP contribution in [-0.4, -0.2) is 37.5 Å². The Balaban J connectivity index is 1.90. The normalized spacial score (nSPS) is 37.2. The predicted molar refractivity (Wildman–Crippen MR) is 65.0 cm³/mol. The first-order valence-electron chi connectivity index (χ1n) is 5.97. The number of nitrogens with one attached hydrogen (secondary N) is 1. The quantitative estimate of drug-likeness (QED) is 0.747. The number of nitrogens with two attached hydrogens (primary N) is 1. The fourth-order valence-corrected chi connectivity index (χ4v) is 4.56. The number of hydrogen-bond donors (Lipinski definition) is 2. The Hall–Kier alpha value is -0.130. The van der Waals surface area contributed by atoms with E-state index in [-0.39, 0.29) is 16.8 Å². The van der Waals surface area contributed by atoms with Gasteiger partial charge in [0.15, 0.2) is 9.84 Å². The average Bonchev–Trinajstić information content (AvgIpc) is 2.92. The lowest BCUT2D eigenvalue weighted by Crippen LogP contribution is -2.55. The lowest BCUT2D eigenvalue weighted by atomic mass is 9.94. The minimum Gasteiger partial charge on any atom is -0.324 e. The van der Waals surface area contributed by atoms with E-state index in [9.17, 15) is 8.42 Å². The van der Waals surface area contributed by atoms with Gasteiger partial charge in [0, 0.05) is 17.6 Å². The first kappa shape index (κ1) is 12.3. The molecule has 0 aromatic carbocycles. The molecule has 2 unspecified atom stereocenters. The highest BCUT2D eigenvalue weighted by Gasteiger charge is 2.42. The zero-order chi connectivity index (χ0) is 12.0. The van der Waals surface area contributed by atoms with Crippen LogP contribution in [0.3, 0.4) is 0 Å². The molecule has 3 N–H and O–H groups in total. The van der Waals surface area contributed by atoms with Crippen molar-refractivity contribution in [3.63, 3.8) is 0 Å². The summed E-state index contributed by atoms with van der Waals surface area (Å²) in [5, 5.41) is 3.37. The van der Waals surface area contributed by atoms with Crippen molar-refractivity contribution in [2.75, 3.05) is 18.1 Å². The molecule has 94 valence electrons. The van der Waals surface area contributed by atoms with E-state index in [1.54, 1.807) is 0 Å². The van der Waals surface area contributed by atoms with Gasteiger partial charge in [0.2, 0.25) is 0 Å². The van der Waals surface area contributed by atoms with E-state index in [0.29, 0.717) is 24.6 Å². The summed E-state index contributed by atoms with van der Waals surface area (Å²) in [6.45, 7) is 4.76. The topological polar surface area (TPSA) is 72.2 Å². The summed E-state index contributed by atoms with van der Waals surface area (Å²) in [5.41, 5.74) is 5.76. The Morgan fingerprint density at radius 2 is 2.12 bits per heavy atom. The molecule has 5 heteroatoms. The van der Waals surface area contributed by atoms with Gasteiger partial charge in [-0.2, -0.15) is 0 Å². The summed E-state index contributed by atoms with van der Waals surface area (Å²) in [6.07, 6.45) is 3.13. The van der Waals surface area contributed by atoms with E-state index in [1.165, 1.54) is 12.8 Å². The van der Waals surface area contributed by atoms with Crippen molar-refractivity contribution in [3.8, 4) is 0 Å². The third-order valence-electron chi connectivity index (χ3n) is 3.91. The monoisotopic (exact) mass is 246 g/mol. The highest BCUT2D eigenvalue weighted by atomic mass is 32.2. The van der Waals surface area contributed by atoms with E-state index in [0.717, 1.165) is 0 Å². The molecule has 2 fully saturated rings. The molecule has 2 rings (SSSR count). The fraction of sp³-hybridized carbons (Fsp3) is 1.00. The van der Waals surface area contributed by atoms with E-state index < -0.39 is 9.84 Å². The summed E-state index contributed by atoms with van der Waals surface area (Å²) in [7, 11) is -2.83. The minimum absolute atomic E-state index is 0.185. The molecule has 1 aliphatic carbocycles. The summed E-state index contributed by atoms with van der Waals surface area (Å²) in [5.74, 6) is 1.17. The molecule has 2 aliphatic rings. The molecule has 0 spiro atoms. The second-order valence-corrected chi connectivity index (χ2v) is 8.22. The van der Waals surface area contributed by atoms with E-state index in [2.05, 4.69) is 12.2 Å². The average molecular weight is 246 g/mol. The van der Waals surface area contributed by atoms with Crippen molar-refractivity contribution in [1.82, 2.24) is 5.32 Å². The van der Waals surface area contributed by atoms with Gasteiger partial charge in [-0.1, -0.05) is 0 Å². The molecule has 4 nitrogen and oxygen atoms in total. The van der Waals surface area contributed by atoms with Gasteiger partial charge in [-0.3, -0.25) is 0 Å². The molecule has 1 saturated carbocycles. The third kappa shape index (κ3) is 2.76. The number of hydrogen-bond acceptors (Lipinski definition) is 4. The van der Waals surface area contributed by atoms with Gasteiger partial charge in [-0.15, -0.1) is 0 Å². The smallest absolute Gasteiger partial charge is 0.152 e. The molecule has 2 atom stereocenters. The summed E-state index contributed by atoms with van der Waals surface area (Å²) in [4.78, 5) is 0. The van der Waals surface area contributed by atoms with Gasteiger partial charge in [-0.05, 0) is 39.0 Å². The van der Waals surface area contributed by atoms with E-state index in [4.69, 9.17) is 5.73 Å². The summed E-state index contributed by atoms with van der Waals surface area (Å²) >= 11 is 0. The Morgan fingerprint density at radius 3 is 2.56 bits per heavy atom. The fourth-order valence-electron chi connectivity index (χ4n) is 2.44. The van der Waals surface area contributed by atoms with Crippen LogP contribution in [0.4, 0.5) is 0 Å². The molecule has 1 heterocycles. The van der Waals surface area contributed by atoms with Crippen molar-refractivity contribution in [2.45, 2.75) is 44.2 Å². The maximum atomic E-state index is 11.4. The highest BCUT2D eigenvalue weighted by molar-refractivity contribution is 7.91. The number of rotatable bonds is 4. The van der Waals surface area contributed by atoms with Gasteiger partial charge >= 0.3 is 0 Å². The van der Waals surface area contributed by atoms with Crippen LogP contribution in [0.15, 0.2) is 0 Å². The first-order valence-corrected chi connectivity index (χ1v) is 7.79. The van der Waals surface area contributed by atoms with Gasteiger partial charge in [0.05, 0.1) is 11.5 Å². The van der Waals surface area contributed by atoms with Gasteiger partial charge in [0.25, 0.3) is 0 Å². The molecule has 1 aliphatic heterocycles. The molecule has 0 aromatic rings. The second kappa shape index (κ2) is 3.68. The minimum atomic E-state index is -2.83. The molecule has 0 aromatic heterocycles. The second-order valence-electron chi connectivity index (χ2n) is 6.04. The van der Waals surface area contributed by atoms with Crippen LogP contribution in [-0.2, 0) is 9.84 Å². The molecule has 16 heavy (non-hydrogen) atoms. The molecule has 1 saturated heterocycles. The van der Waals surface area contributed by atoms with Crippen molar-refractivity contribution in [3.05, 3.63) is 0 Å². The first-order chi connectivity index (χ1) is 7.23. The molecular formula is C11H22N2O2S. The summed E-state index contributed by atoms with van der Waals surface area (Å²) < 4.78 is 22.9. The lowest BCUT2D eigenvalue weighted by molar-refractivity contribution is 0.310. The SMILES string of the molecule is CC1(NCC(C)(N)C2CC2)CCS(=O)(=O)C1. The Kier molecular flexibility index (Phi) is 2.84. The lowest BCUT2D eigenvalue weighted by Gasteiger charge is -2.31. The molecule has 0 bridgehead atoms. The van der Waals surface area contributed by atoms with E-state index in [1.807, 2.05) is 6.92 Å². The van der Waals surface area contributed by atoms with E-state index >= 15 is 0 Å². The summed E-state index contributed by atoms with van der Waals surface area (Å²) in [6, 6.07) is 0. The Morgan fingerprint density at radius 1 is 1.50 bits per heavy atom.